The fourth-order valence-corrected chi connectivity index (χ4v) is 1.68. The molecule has 2 N–H and O–H groups in total. The molecule has 1 rings (SSSR count). The predicted molar refractivity (Wildman–Crippen MR) is 70.5 cm³/mol. The standard InChI is InChI=1S/C13H20N2O3/c1-10-11(5-4-6-12(10)15(17)18)9-14-8-7-13(2,3)16/h4-6,14,16H,7-9H2,1-3H3. The molecule has 0 aliphatic carbocycles. The molecule has 0 aliphatic rings. The second-order valence-electron chi connectivity index (χ2n) is 5.06. The Balaban J connectivity index is 2.58. The van der Waals surface area contributed by atoms with E-state index in [1.807, 2.05) is 6.07 Å². The van der Waals surface area contributed by atoms with Crippen LogP contribution in [-0.4, -0.2) is 22.2 Å². The lowest BCUT2D eigenvalue weighted by Crippen LogP contribution is -2.26. The fourth-order valence-electron chi connectivity index (χ4n) is 1.68. The van der Waals surface area contributed by atoms with Gasteiger partial charge in [-0.1, -0.05) is 12.1 Å². The Morgan fingerprint density at radius 3 is 2.67 bits per heavy atom. The minimum Gasteiger partial charge on any atom is -0.390 e. The van der Waals surface area contributed by atoms with E-state index < -0.39 is 5.60 Å². The first kappa shape index (κ1) is 14.6. The highest BCUT2D eigenvalue weighted by molar-refractivity contribution is 5.44. The summed E-state index contributed by atoms with van der Waals surface area (Å²) in [4.78, 5) is 10.4. The van der Waals surface area contributed by atoms with Crippen LogP contribution in [0.2, 0.25) is 0 Å². The summed E-state index contributed by atoms with van der Waals surface area (Å²) >= 11 is 0. The number of aliphatic hydroxyl groups is 1. The normalized spacial score (nSPS) is 11.6. The highest BCUT2D eigenvalue weighted by Gasteiger charge is 2.14. The molecule has 0 atom stereocenters. The van der Waals surface area contributed by atoms with Gasteiger partial charge in [0.1, 0.15) is 0 Å². The molecule has 100 valence electrons. The van der Waals surface area contributed by atoms with Crippen LogP contribution in [0.4, 0.5) is 5.69 Å². The van der Waals surface area contributed by atoms with Gasteiger partial charge in [-0.3, -0.25) is 10.1 Å². The van der Waals surface area contributed by atoms with E-state index >= 15 is 0 Å². The zero-order valence-electron chi connectivity index (χ0n) is 11.1. The van der Waals surface area contributed by atoms with Crippen molar-refractivity contribution in [3.63, 3.8) is 0 Å². The van der Waals surface area contributed by atoms with E-state index in [4.69, 9.17) is 0 Å². The van der Waals surface area contributed by atoms with Crippen LogP contribution in [0, 0.1) is 17.0 Å². The van der Waals surface area contributed by atoms with Gasteiger partial charge in [0.15, 0.2) is 0 Å². The van der Waals surface area contributed by atoms with Crippen molar-refractivity contribution in [3.8, 4) is 0 Å². The van der Waals surface area contributed by atoms with E-state index in [-0.39, 0.29) is 10.6 Å². The van der Waals surface area contributed by atoms with E-state index in [9.17, 15) is 15.2 Å². The van der Waals surface area contributed by atoms with Crippen LogP contribution in [0.25, 0.3) is 0 Å². The molecule has 0 aliphatic heterocycles. The van der Waals surface area contributed by atoms with Crippen molar-refractivity contribution >= 4 is 5.69 Å². The first-order valence-electron chi connectivity index (χ1n) is 5.97. The van der Waals surface area contributed by atoms with Crippen molar-refractivity contribution in [3.05, 3.63) is 39.4 Å². The lowest BCUT2D eigenvalue weighted by molar-refractivity contribution is -0.385. The summed E-state index contributed by atoms with van der Waals surface area (Å²) in [5, 5.41) is 23.5. The Labute approximate surface area is 107 Å². The first-order valence-corrected chi connectivity index (χ1v) is 5.97. The molecule has 5 heteroatoms. The van der Waals surface area contributed by atoms with Crippen molar-refractivity contribution in [1.82, 2.24) is 5.32 Å². The minimum atomic E-state index is -0.690. The third kappa shape index (κ3) is 4.43. The number of nitrogens with zero attached hydrogens (tertiary/aromatic N) is 1. The SMILES string of the molecule is Cc1c(CNCCC(C)(C)O)cccc1[N+](=O)[O-]. The van der Waals surface area contributed by atoms with Crippen molar-refractivity contribution in [1.29, 1.82) is 0 Å². The molecule has 5 nitrogen and oxygen atoms in total. The number of rotatable bonds is 6. The van der Waals surface area contributed by atoms with Gasteiger partial charge in [-0.05, 0) is 39.3 Å². The maximum absolute atomic E-state index is 10.8. The molecule has 0 bridgehead atoms. The maximum atomic E-state index is 10.8. The Kier molecular flexibility index (Phi) is 4.81. The molecular formula is C13H20N2O3. The van der Waals surface area contributed by atoms with Gasteiger partial charge in [0.05, 0.1) is 10.5 Å². The summed E-state index contributed by atoms with van der Waals surface area (Å²) < 4.78 is 0. The lowest BCUT2D eigenvalue weighted by Gasteiger charge is -2.17. The van der Waals surface area contributed by atoms with Crippen LogP contribution in [-0.2, 0) is 6.54 Å². The van der Waals surface area contributed by atoms with Crippen LogP contribution in [0.15, 0.2) is 18.2 Å². The highest BCUT2D eigenvalue weighted by atomic mass is 16.6. The number of hydrogen-bond acceptors (Lipinski definition) is 4. The second kappa shape index (κ2) is 5.93. The summed E-state index contributed by atoms with van der Waals surface area (Å²) in [7, 11) is 0. The van der Waals surface area contributed by atoms with Crippen molar-refractivity contribution < 1.29 is 10.0 Å². The molecule has 18 heavy (non-hydrogen) atoms. The molecule has 0 heterocycles. The topological polar surface area (TPSA) is 75.4 Å². The third-order valence-electron chi connectivity index (χ3n) is 2.84. The van der Waals surface area contributed by atoms with E-state index in [2.05, 4.69) is 5.32 Å². The number of nitrogens with one attached hydrogen (secondary N) is 1. The van der Waals surface area contributed by atoms with Crippen LogP contribution < -0.4 is 5.32 Å². The van der Waals surface area contributed by atoms with Gasteiger partial charge in [0, 0.05) is 18.2 Å². The van der Waals surface area contributed by atoms with Crippen LogP contribution in [0.5, 0.6) is 0 Å². The van der Waals surface area contributed by atoms with Gasteiger partial charge in [0.25, 0.3) is 5.69 Å². The largest absolute Gasteiger partial charge is 0.390 e. The Morgan fingerprint density at radius 2 is 2.11 bits per heavy atom. The van der Waals surface area contributed by atoms with E-state index in [0.29, 0.717) is 25.1 Å². The van der Waals surface area contributed by atoms with Gasteiger partial charge in [-0.15, -0.1) is 0 Å². The summed E-state index contributed by atoms with van der Waals surface area (Å²) in [6.07, 6.45) is 0.640. The molecule has 0 amide bonds. The summed E-state index contributed by atoms with van der Waals surface area (Å²) in [5.74, 6) is 0. The molecule has 1 aromatic rings. The summed E-state index contributed by atoms with van der Waals surface area (Å²) in [6.45, 7) is 6.51. The molecular weight excluding hydrogens is 232 g/mol. The number of benzene rings is 1. The van der Waals surface area contributed by atoms with Crippen molar-refractivity contribution in [2.24, 2.45) is 0 Å². The van der Waals surface area contributed by atoms with Gasteiger partial charge in [0.2, 0.25) is 0 Å². The average Bonchev–Trinajstić information content (AvgIpc) is 2.24. The highest BCUT2D eigenvalue weighted by Crippen LogP contribution is 2.20. The monoisotopic (exact) mass is 252 g/mol. The van der Waals surface area contributed by atoms with Crippen molar-refractivity contribution in [2.45, 2.75) is 39.3 Å². The summed E-state index contributed by atoms with van der Waals surface area (Å²) in [5.41, 5.74) is 1.07. The molecule has 0 aromatic heterocycles. The molecule has 0 saturated carbocycles. The van der Waals surface area contributed by atoms with Gasteiger partial charge in [-0.2, -0.15) is 0 Å². The van der Waals surface area contributed by atoms with E-state index in [1.165, 1.54) is 6.07 Å². The Bertz CT molecular complexity index is 425. The van der Waals surface area contributed by atoms with Gasteiger partial charge >= 0.3 is 0 Å². The molecule has 0 fully saturated rings. The van der Waals surface area contributed by atoms with Crippen LogP contribution in [0.3, 0.4) is 0 Å². The van der Waals surface area contributed by atoms with Crippen LogP contribution >= 0.6 is 0 Å². The van der Waals surface area contributed by atoms with Crippen LogP contribution in [0.1, 0.15) is 31.4 Å². The Morgan fingerprint density at radius 1 is 1.44 bits per heavy atom. The fraction of sp³-hybridized carbons (Fsp3) is 0.538. The average molecular weight is 252 g/mol. The molecule has 0 spiro atoms. The number of hydrogen-bond donors (Lipinski definition) is 2. The first-order chi connectivity index (χ1) is 8.31. The Hall–Kier alpha value is -1.46. The molecule has 1 aromatic carbocycles. The zero-order valence-corrected chi connectivity index (χ0v) is 11.1. The predicted octanol–water partition coefficient (Wildman–Crippen LogP) is 2.15. The zero-order chi connectivity index (χ0) is 13.8. The van der Waals surface area contributed by atoms with Crippen molar-refractivity contribution in [2.75, 3.05) is 6.54 Å². The maximum Gasteiger partial charge on any atom is 0.272 e. The van der Waals surface area contributed by atoms with E-state index in [1.54, 1.807) is 26.8 Å². The molecule has 0 unspecified atom stereocenters. The lowest BCUT2D eigenvalue weighted by atomic mass is 10.0. The molecule has 0 saturated heterocycles. The minimum absolute atomic E-state index is 0.150. The van der Waals surface area contributed by atoms with E-state index in [0.717, 1.165) is 5.56 Å². The number of nitro benzene ring substituents is 1. The third-order valence-corrected chi connectivity index (χ3v) is 2.84. The van der Waals surface area contributed by atoms with Gasteiger partial charge < -0.3 is 10.4 Å². The second-order valence-corrected chi connectivity index (χ2v) is 5.06. The quantitative estimate of drug-likeness (QED) is 0.462. The summed E-state index contributed by atoms with van der Waals surface area (Å²) in [6, 6.07) is 5.08. The molecule has 0 radical (unpaired) electrons. The smallest absolute Gasteiger partial charge is 0.272 e. The number of nitro groups is 1. The van der Waals surface area contributed by atoms with Gasteiger partial charge in [-0.25, -0.2) is 0 Å².